The van der Waals surface area contributed by atoms with E-state index in [2.05, 4.69) is 6.58 Å². The highest BCUT2D eigenvalue weighted by molar-refractivity contribution is 5.68. The van der Waals surface area contributed by atoms with Gasteiger partial charge in [-0.2, -0.15) is 0 Å². The lowest BCUT2D eigenvalue weighted by Crippen LogP contribution is -2.67. The molecule has 2 heterocycles. The van der Waals surface area contributed by atoms with Crippen LogP contribution in [0.3, 0.4) is 0 Å². The minimum atomic E-state index is -1.69. The van der Waals surface area contributed by atoms with Gasteiger partial charge in [-0.25, -0.2) is 0 Å². The first kappa shape index (κ1) is 41.6. The van der Waals surface area contributed by atoms with Gasteiger partial charge in [0.2, 0.25) is 6.29 Å². The molecular weight excluding hydrogens is 696 g/mol. The maximum atomic E-state index is 12.6. The van der Waals surface area contributed by atoms with Crippen LogP contribution in [0.2, 0.25) is 0 Å². The van der Waals surface area contributed by atoms with E-state index in [0.29, 0.717) is 5.75 Å². The second-order valence-corrected chi connectivity index (χ2v) is 11.5. The van der Waals surface area contributed by atoms with Crippen LogP contribution >= 0.6 is 0 Å². The molecular formula is C34H44O18. The van der Waals surface area contributed by atoms with Gasteiger partial charge in [0.05, 0.1) is 13.7 Å². The molecule has 2 saturated heterocycles. The third kappa shape index (κ3) is 12.2. The Kier molecular flexibility index (Phi) is 15.8. The van der Waals surface area contributed by atoms with Crippen molar-refractivity contribution in [2.45, 2.75) is 103 Å². The van der Waals surface area contributed by atoms with Gasteiger partial charge in [0.1, 0.15) is 49.1 Å². The summed E-state index contributed by atoms with van der Waals surface area (Å²) >= 11 is 0. The number of methoxy groups -OCH3 is 1. The van der Waals surface area contributed by atoms with Crippen LogP contribution in [0.1, 0.15) is 41.5 Å². The summed E-state index contributed by atoms with van der Waals surface area (Å²) in [7, 11) is 1.47. The minimum Gasteiger partial charge on any atom is -0.497 e. The minimum absolute atomic E-state index is 0.140. The molecule has 0 aliphatic carbocycles. The van der Waals surface area contributed by atoms with Crippen molar-refractivity contribution in [3.8, 4) is 11.5 Å². The highest BCUT2D eigenvalue weighted by Gasteiger charge is 2.57. The van der Waals surface area contributed by atoms with Crippen molar-refractivity contribution in [3.63, 3.8) is 0 Å². The monoisotopic (exact) mass is 740 g/mol. The first-order valence-corrected chi connectivity index (χ1v) is 16.1. The maximum absolute atomic E-state index is 12.6. The van der Waals surface area contributed by atoms with Gasteiger partial charge < -0.3 is 56.8 Å². The van der Waals surface area contributed by atoms with Crippen molar-refractivity contribution in [3.05, 3.63) is 36.9 Å². The molecule has 1 aromatic rings. The van der Waals surface area contributed by atoms with E-state index < -0.39 is 110 Å². The van der Waals surface area contributed by atoms with Crippen molar-refractivity contribution >= 4 is 35.8 Å². The Morgan fingerprint density at radius 3 is 1.46 bits per heavy atom. The van der Waals surface area contributed by atoms with Gasteiger partial charge in [-0.15, -0.1) is 6.58 Å². The molecule has 0 amide bonds. The smallest absolute Gasteiger partial charge is 0.303 e. The van der Waals surface area contributed by atoms with E-state index in [1.807, 2.05) is 0 Å². The van der Waals surface area contributed by atoms with Gasteiger partial charge in [0, 0.05) is 41.5 Å². The van der Waals surface area contributed by atoms with Gasteiger partial charge in [-0.05, 0) is 24.3 Å². The molecule has 18 heteroatoms. The molecule has 18 nitrogen and oxygen atoms in total. The number of esters is 6. The Bertz CT molecular complexity index is 1410. The third-order valence-corrected chi connectivity index (χ3v) is 7.30. The number of hydrogen-bond donors (Lipinski definition) is 0. The zero-order chi connectivity index (χ0) is 38.5. The van der Waals surface area contributed by atoms with Crippen molar-refractivity contribution < 1.29 is 85.6 Å². The van der Waals surface area contributed by atoms with E-state index >= 15 is 0 Å². The van der Waals surface area contributed by atoms with E-state index in [9.17, 15) is 28.8 Å². The van der Waals surface area contributed by atoms with Crippen LogP contribution in [0.4, 0.5) is 0 Å². The summed E-state index contributed by atoms with van der Waals surface area (Å²) in [5, 5.41) is 0. The number of carbonyl (C=O) groups excluding carboxylic acids is 6. The van der Waals surface area contributed by atoms with Crippen LogP contribution in [-0.4, -0.2) is 124 Å². The van der Waals surface area contributed by atoms with E-state index in [1.165, 1.54) is 13.2 Å². The fourth-order valence-corrected chi connectivity index (χ4v) is 5.40. The van der Waals surface area contributed by atoms with Crippen LogP contribution in [0.5, 0.6) is 11.5 Å². The first-order chi connectivity index (χ1) is 24.6. The van der Waals surface area contributed by atoms with Crippen molar-refractivity contribution in [1.29, 1.82) is 0 Å². The second kappa shape index (κ2) is 19.7. The van der Waals surface area contributed by atoms with Gasteiger partial charge >= 0.3 is 35.8 Å². The fourth-order valence-electron chi connectivity index (χ4n) is 5.40. The molecule has 3 rings (SSSR count). The highest BCUT2D eigenvalue weighted by Crippen LogP contribution is 2.36. The number of benzene rings is 1. The number of hydrogen-bond acceptors (Lipinski definition) is 18. The van der Waals surface area contributed by atoms with E-state index in [0.717, 1.165) is 41.5 Å². The summed E-state index contributed by atoms with van der Waals surface area (Å²) < 4.78 is 68.8. The lowest BCUT2D eigenvalue weighted by atomic mass is 9.96. The normalized spacial score (nSPS) is 28.3. The molecule has 0 unspecified atom stereocenters. The Morgan fingerprint density at radius 2 is 1.02 bits per heavy atom. The molecule has 288 valence electrons. The fraction of sp³-hybridized carbons (Fsp3) is 0.588. The standard InChI is InChI=1S/C34H44O18/c1-9-14-42-29-27(45-19(4)37)25(15-43-17(2)35)51-34(31(29)47-21(6)39)52-30-28(46-20(5)38)26(16-44-18(3)36)50-33(32(30)48-22(7)40)49-24-12-10-23(41-8)11-13-24/h9-13,25-34H,1,14-16H2,2-8H3/t25-,26-,27-,28-,29+,30+,31-,32-,33-,34-/m1/s1. The third-order valence-electron chi connectivity index (χ3n) is 7.30. The van der Waals surface area contributed by atoms with Gasteiger partial charge in [-0.1, -0.05) is 6.08 Å². The summed E-state index contributed by atoms with van der Waals surface area (Å²) in [6.45, 7) is 9.23. The van der Waals surface area contributed by atoms with Crippen LogP contribution in [0.25, 0.3) is 0 Å². The highest BCUT2D eigenvalue weighted by atomic mass is 16.8. The molecule has 52 heavy (non-hydrogen) atoms. The van der Waals surface area contributed by atoms with Crippen LogP contribution in [-0.2, 0) is 76.1 Å². The largest absolute Gasteiger partial charge is 0.497 e. The summed E-state index contributed by atoms with van der Waals surface area (Å²) in [6, 6.07) is 6.27. The van der Waals surface area contributed by atoms with E-state index in [1.54, 1.807) is 24.3 Å². The molecule has 1 aromatic carbocycles. The molecule has 0 N–H and O–H groups in total. The lowest BCUT2D eigenvalue weighted by Gasteiger charge is -2.48. The molecule has 2 fully saturated rings. The number of rotatable bonds is 16. The van der Waals surface area contributed by atoms with Crippen LogP contribution in [0, 0.1) is 0 Å². The van der Waals surface area contributed by atoms with Crippen molar-refractivity contribution in [1.82, 2.24) is 0 Å². The summed E-state index contributed by atoms with van der Waals surface area (Å²) in [5.41, 5.74) is 0. The quantitative estimate of drug-likeness (QED) is 0.133. The Hall–Kier alpha value is -4.78. The van der Waals surface area contributed by atoms with E-state index in [-0.39, 0.29) is 12.4 Å². The Morgan fingerprint density at radius 1 is 0.596 bits per heavy atom. The van der Waals surface area contributed by atoms with Gasteiger partial charge in [0.25, 0.3) is 0 Å². The average Bonchev–Trinajstić information content (AvgIpc) is 3.05. The Labute approximate surface area is 299 Å². The molecule has 0 radical (unpaired) electrons. The zero-order valence-corrected chi connectivity index (χ0v) is 29.8. The summed E-state index contributed by atoms with van der Waals surface area (Å²) in [4.78, 5) is 73.5. The molecule has 0 saturated carbocycles. The topological polar surface area (TPSA) is 213 Å². The maximum Gasteiger partial charge on any atom is 0.303 e. The zero-order valence-electron chi connectivity index (χ0n) is 29.8. The predicted molar refractivity (Wildman–Crippen MR) is 171 cm³/mol. The lowest BCUT2D eigenvalue weighted by molar-refractivity contribution is -0.356. The van der Waals surface area contributed by atoms with Crippen molar-refractivity contribution in [2.24, 2.45) is 0 Å². The number of carbonyl (C=O) groups is 6. The van der Waals surface area contributed by atoms with Crippen LogP contribution in [0.15, 0.2) is 36.9 Å². The van der Waals surface area contributed by atoms with Crippen molar-refractivity contribution in [2.75, 3.05) is 26.9 Å². The second-order valence-electron chi connectivity index (χ2n) is 11.5. The summed E-state index contributed by atoms with van der Waals surface area (Å²) in [6.07, 6.45) is -13.2. The molecule has 0 aromatic heterocycles. The summed E-state index contributed by atoms with van der Waals surface area (Å²) in [5.74, 6) is -3.94. The van der Waals surface area contributed by atoms with Gasteiger partial charge in [-0.3, -0.25) is 28.8 Å². The molecule has 2 aliphatic rings. The molecule has 0 spiro atoms. The predicted octanol–water partition coefficient (Wildman–Crippen LogP) is 1.33. The SMILES string of the molecule is C=CCO[C@@H]1[C@@H](OC(C)=O)[C@@H](O[C@@H]2[C@@H](OC(C)=O)[C@H](Oc3ccc(OC)cc3)O[C@H](COC(C)=O)[C@H]2OC(C)=O)O[C@H](COC(C)=O)[C@H]1OC(C)=O. The average molecular weight is 741 g/mol. The van der Waals surface area contributed by atoms with E-state index in [4.69, 9.17) is 56.8 Å². The molecule has 0 bridgehead atoms. The number of ether oxygens (including phenoxy) is 12. The first-order valence-electron chi connectivity index (χ1n) is 16.1. The molecule has 10 atom stereocenters. The van der Waals surface area contributed by atoms with Crippen LogP contribution < -0.4 is 9.47 Å². The molecule has 2 aliphatic heterocycles. The van der Waals surface area contributed by atoms with Gasteiger partial charge in [0.15, 0.2) is 30.7 Å². The Balaban J connectivity index is 2.19.